The first-order valence-electron chi connectivity index (χ1n) is 10.2. The molecule has 0 radical (unpaired) electrons. The zero-order valence-corrected chi connectivity index (χ0v) is 17.2. The smallest absolute Gasteiger partial charge is 0.407 e. The van der Waals surface area contributed by atoms with Gasteiger partial charge in [-0.3, -0.25) is 4.79 Å². The second-order valence-corrected chi connectivity index (χ2v) is 7.93. The predicted molar refractivity (Wildman–Crippen MR) is 115 cm³/mol. The molecule has 0 saturated heterocycles. The van der Waals surface area contributed by atoms with E-state index in [4.69, 9.17) is 9.84 Å². The molecule has 2 aliphatic carbocycles. The molecule has 1 saturated carbocycles. The highest BCUT2D eigenvalue weighted by molar-refractivity contribution is 5.98. The van der Waals surface area contributed by atoms with E-state index in [0.29, 0.717) is 18.4 Å². The summed E-state index contributed by atoms with van der Waals surface area (Å²) in [5.74, 6) is -1.49. The molecule has 0 bridgehead atoms. The Morgan fingerprint density at radius 3 is 2.19 bits per heavy atom. The van der Waals surface area contributed by atoms with Crippen molar-refractivity contribution in [2.75, 3.05) is 13.2 Å². The number of carbonyl (C=O) groups excluding carboxylic acids is 2. The number of hydrogen-bond donors (Lipinski definition) is 3. The Kier molecular flexibility index (Phi) is 5.50. The largest absolute Gasteiger partial charge is 0.480 e. The lowest BCUT2D eigenvalue weighted by Gasteiger charge is -2.14. The van der Waals surface area contributed by atoms with Crippen molar-refractivity contribution in [2.24, 2.45) is 0 Å². The summed E-state index contributed by atoms with van der Waals surface area (Å²) in [6.45, 7) is 1.90. The fraction of sp³-hybridized carbons (Fsp3) is 0.292. The molecule has 4 rings (SSSR count). The molecule has 1 fully saturated rings. The van der Waals surface area contributed by atoms with Crippen molar-refractivity contribution in [3.8, 4) is 11.1 Å². The van der Waals surface area contributed by atoms with E-state index in [-0.39, 0.29) is 19.1 Å². The number of aliphatic carboxylic acids is 1. The van der Waals surface area contributed by atoms with E-state index in [1.54, 1.807) is 6.92 Å². The minimum absolute atomic E-state index is 0.0213. The van der Waals surface area contributed by atoms with Gasteiger partial charge in [0.1, 0.15) is 12.1 Å². The molecule has 31 heavy (non-hydrogen) atoms. The fourth-order valence-electron chi connectivity index (χ4n) is 3.86. The molecule has 2 aromatic carbocycles. The van der Waals surface area contributed by atoms with E-state index in [1.165, 1.54) is 6.08 Å². The van der Waals surface area contributed by atoms with Crippen LogP contribution in [-0.2, 0) is 14.3 Å². The quantitative estimate of drug-likeness (QED) is 0.597. The Morgan fingerprint density at radius 2 is 1.65 bits per heavy atom. The lowest BCUT2D eigenvalue weighted by Crippen LogP contribution is -2.43. The van der Waals surface area contributed by atoms with E-state index < -0.39 is 23.5 Å². The molecule has 7 nitrogen and oxygen atoms in total. The van der Waals surface area contributed by atoms with Gasteiger partial charge in [0.05, 0.1) is 0 Å². The number of benzene rings is 2. The van der Waals surface area contributed by atoms with Crippen LogP contribution in [0.15, 0.2) is 60.2 Å². The van der Waals surface area contributed by atoms with Crippen LogP contribution in [0, 0.1) is 0 Å². The molecule has 0 unspecified atom stereocenters. The molecular weight excluding hydrogens is 396 g/mol. The molecule has 0 aromatic heterocycles. The second-order valence-electron chi connectivity index (χ2n) is 7.93. The number of hydrogen-bond acceptors (Lipinski definition) is 4. The zero-order chi connectivity index (χ0) is 22.0. The zero-order valence-electron chi connectivity index (χ0n) is 17.2. The number of rotatable bonds is 7. The van der Waals surface area contributed by atoms with Gasteiger partial charge >= 0.3 is 12.1 Å². The van der Waals surface area contributed by atoms with Crippen LogP contribution in [0.5, 0.6) is 0 Å². The average molecular weight is 420 g/mol. The molecule has 3 N–H and O–H groups in total. The van der Waals surface area contributed by atoms with Crippen LogP contribution in [0.1, 0.15) is 36.8 Å². The Hall–Kier alpha value is -3.61. The number of amides is 2. The molecule has 0 heterocycles. The first-order valence-corrected chi connectivity index (χ1v) is 10.2. The van der Waals surface area contributed by atoms with Crippen LogP contribution >= 0.6 is 0 Å². The van der Waals surface area contributed by atoms with Crippen LogP contribution in [0.4, 0.5) is 4.79 Å². The molecule has 0 spiro atoms. The van der Waals surface area contributed by atoms with Crippen LogP contribution in [-0.4, -0.2) is 41.8 Å². The van der Waals surface area contributed by atoms with Crippen LogP contribution < -0.4 is 10.6 Å². The van der Waals surface area contributed by atoms with Gasteiger partial charge in [-0.25, -0.2) is 9.59 Å². The van der Waals surface area contributed by atoms with Gasteiger partial charge in [0.2, 0.25) is 5.91 Å². The Bertz CT molecular complexity index is 1030. The number of carboxylic acid groups (broad SMARTS) is 1. The summed E-state index contributed by atoms with van der Waals surface area (Å²) < 4.78 is 5.45. The molecule has 2 amide bonds. The predicted octanol–water partition coefficient (Wildman–Crippen LogP) is 3.20. The molecule has 160 valence electrons. The maximum atomic E-state index is 12.2. The third-order valence-electron chi connectivity index (χ3n) is 5.87. The summed E-state index contributed by atoms with van der Waals surface area (Å²) in [6, 6.07) is 16.2. The van der Waals surface area contributed by atoms with Gasteiger partial charge in [-0.2, -0.15) is 0 Å². The summed E-state index contributed by atoms with van der Waals surface area (Å²) in [4.78, 5) is 35.5. The van der Waals surface area contributed by atoms with Crippen molar-refractivity contribution >= 4 is 18.0 Å². The monoisotopic (exact) mass is 420 g/mol. The lowest BCUT2D eigenvalue weighted by molar-refractivity contribution is -0.142. The molecule has 2 aromatic rings. The molecule has 0 atom stereocenters. The molecular formula is C24H24N2O5. The number of alkyl carbamates (subject to hydrolysis) is 1. The van der Waals surface area contributed by atoms with E-state index in [0.717, 1.165) is 22.3 Å². The van der Waals surface area contributed by atoms with E-state index in [2.05, 4.69) is 34.9 Å². The highest BCUT2D eigenvalue weighted by Gasteiger charge is 2.51. The van der Waals surface area contributed by atoms with Gasteiger partial charge < -0.3 is 20.5 Å². The normalized spacial score (nSPS) is 16.1. The summed E-state index contributed by atoms with van der Waals surface area (Å²) >= 11 is 0. The van der Waals surface area contributed by atoms with Crippen molar-refractivity contribution < 1.29 is 24.2 Å². The van der Waals surface area contributed by atoms with Gasteiger partial charge in [0.25, 0.3) is 0 Å². The van der Waals surface area contributed by atoms with Crippen molar-refractivity contribution in [3.05, 3.63) is 71.3 Å². The third-order valence-corrected chi connectivity index (χ3v) is 5.87. The first-order chi connectivity index (χ1) is 14.9. The molecule has 7 heteroatoms. The summed E-state index contributed by atoms with van der Waals surface area (Å²) in [7, 11) is 0. The number of carboxylic acids is 1. The van der Waals surface area contributed by atoms with E-state index in [1.807, 2.05) is 24.3 Å². The Balaban J connectivity index is 1.30. The summed E-state index contributed by atoms with van der Waals surface area (Å²) in [5, 5.41) is 14.3. The maximum absolute atomic E-state index is 12.2. The third kappa shape index (κ3) is 4.17. The Morgan fingerprint density at radius 1 is 1.06 bits per heavy atom. The van der Waals surface area contributed by atoms with Gasteiger partial charge in [-0.05, 0) is 42.0 Å². The van der Waals surface area contributed by atoms with Crippen LogP contribution in [0.2, 0.25) is 0 Å². The van der Waals surface area contributed by atoms with Crippen molar-refractivity contribution in [3.63, 3.8) is 0 Å². The first kappa shape index (κ1) is 20.7. The standard InChI is InChI=1S/C24H24N2O5/c1-15(21(27)26-24(11-12-24)22(28)29)10-13-25-23(30)31-14-20-18-8-4-2-6-16(18)17-7-3-5-9-19(17)20/h2-10,20H,11-14H2,1H3,(H,25,30)(H,26,27)(H,28,29)/b15-10+. The molecule has 2 aliphatic rings. The number of nitrogens with one attached hydrogen (secondary N) is 2. The fourth-order valence-corrected chi connectivity index (χ4v) is 3.86. The maximum Gasteiger partial charge on any atom is 0.407 e. The van der Waals surface area contributed by atoms with Crippen LogP contribution in [0.25, 0.3) is 11.1 Å². The van der Waals surface area contributed by atoms with Gasteiger partial charge in [0, 0.05) is 18.0 Å². The highest BCUT2D eigenvalue weighted by atomic mass is 16.5. The van der Waals surface area contributed by atoms with E-state index >= 15 is 0 Å². The topological polar surface area (TPSA) is 105 Å². The minimum atomic E-state index is -1.13. The van der Waals surface area contributed by atoms with E-state index in [9.17, 15) is 14.4 Å². The van der Waals surface area contributed by atoms with Crippen molar-refractivity contribution in [1.29, 1.82) is 0 Å². The minimum Gasteiger partial charge on any atom is -0.480 e. The molecule has 0 aliphatic heterocycles. The summed E-state index contributed by atoms with van der Waals surface area (Å²) in [6.07, 6.45) is 1.82. The second kappa shape index (κ2) is 8.26. The average Bonchev–Trinajstić information content (AvgIpc) is 3.48. The van der Waals surface area contributed by atoms with Gasteiger partial charge in [0.15, 0.2) is 0 Å². The van der Waals surface area contributed by atoms with Crippen molar-refractivity contribution in [2.45, 2.75) is 31.2 Å². The Labute approximate surface area is 180 Å². The SMILES string of the molecule is C/C(=C\CNC(=O)OCC1c2ccccc2-c2ccccc21)C(=O)NC1(C(=O)O)CC1. The van der Waals surface area contributed by atoms with Gasteiger partial charge in [-0.15, -0.1) is 0 Å². The lowest BCUT2D eigenvalue weighted by atomic mass is 9.98. The number of carbonyl (C=O) groups is 3. The van der Waals surface area contributed by atoms with Gasteiger partial charge in [-0.1, -0.05) is 54.6 Å². The number of fused-ring (bicyclic) bond motifs is 3. The van der Waals surface area contributed by atoms with Crippen LogP contribution in [0.3, 0.4) is 0 Å². The number of ether oxygens (including phenoxy) is 1. The summed E-state index contributed by atoms with van der Waals surface area (Å²) in [5.41, 5.74) is 3.80. The van der Waals surface area contributed by atoms with Crippen molar-refractivity contribution in [1.82, 2.24) is 10.6 Å². The highest BCUT2D eigenvalue weighted by Crippen LogP contribution is 2.44.